The van der Waals surface area contributed by atoms with E-state index in [2.05, 4.69) is 10.2 Å². The summed E-state index contributed by atoms with van der Waals surface area (Å²) in [6.45, 7) is 0.444. The van der Waals surface area contributed by atoms with Gasteiger partial charge in [0.05, 0.1) is 17.1 Å². The van der Waals surface area contributed by atoms with Gasteiger partial charge in [0.25, 0.3) is 0 Å². The molecule has 3 aromatic rings. The summed E-state index contributed by atoms with van der Waals surface area (Å²) in [5.41, 5.74) is 16.9. The van der Waals surface area contributed by atoms with Crippen molar-refractivity contribution in [2.24, 2.45) is 5.73 Å². The topological polar surface area (TPSA) is 86.0 Å². The zero-order valence-corrected chi connectivity index (χ0v) is 12.1. The number of rotatable bonds is 3. The van der Waals surface area contributed by atoms with Gasteiger partial charge in [-0.15, -0.1) is 10.2 Å². The average molecular weight is 282 g/mol. The van der Waals surface area contributed by atoms with E-state index in [1.54, 1.807) is 4.80 Å². The second-order valence-corrected chi connectivity index (χ2v) is 5.12. The predicted molar refractivity (Wildman–Crippen MR) is 85.5 cm³/mol. The highest BCUT2D eigenvalue weighted by molar-refractivity contribution is 5.86. The molecule has 108 valence electrons. The van der Waals surface area contributed by atoms with Crippen molar-refractivity contribution in [2.45, 2.75) is 6.54 Å². The quantitative estimate of drug-likeness (QED) is 0.711. The third-order valence-corrected chi connectivity index (χ3v) is 3.44. The number of benzene rings is 2. The minimum absolute atomic E-state index is 0.444. The van der Waals surface area contributed by atoms with Crippen molar-refractivity contribution in [3.05, 3.63) is 42.0 Å². The van der Waals surface area contributed by atoms with E-state index in [-0.39, 0.29) is 0 Å². The molecule has 0 aliphatic rings. The molecule has 6 nitrogen and oxygen atoms in total. The Labute approximate surface area is 122 Å². The van der Waals surface area contributed by atoms with E-state index >= 15 is 0 Å². The van der Waals surface area contributed by atoms with Crippen molar-refractivity contribution in [1.29, 1.82) is 0 Å². The molecule has 2 aromatic carbocycles. The summed E-state index contributed by atoms with van der Waals surface area (Å²) in [6, 6.07) is 11.6. The highest BCUT2D eigenvalue weighted by Gasteiger charge is 2.11. The van der Waals surface area contributed by atoms with E-state index in [9.17, 15) is 0 Å². The number of fused-ring (bicyclic) bond motifs is 1. The number of anilines is 2. The van der Waals surface area contributed by atoms with Crippen LogP contribution in [0.5, 0.6) is 0 Å². The number of hydrogen-bond acceptors (Lipinski definition) is 5. The Morgan fingerprint density at radius 2 is 1.76 bits per heavy atom. The normalized spacial score (nSPS) is 11.0. The SMILES string of the molecule is CN(C)c1cc2nn(-c3ccccc3CN)nc2cc1N. The van der Waals surface area contributed by atoms with Gasteiger partial charge in [-0.2, -0.15) is 4.80 Å². The Balaban J connectivity index is 2.17. The number of nitrogen functional groups attached to an aromatic ring is 1. The van der Waals surface area contributed by atoms with Crippen LogP contribution in [0.2, 0.25) is 0 Å². The minimum Gasteiger partial charge on any atom is -0.397 e. The van der Waals surface area contributed by atoms with Crippen LogP contribution in [0.4, 0.5) is 11.4 Å². The van der Waals surface area contributed by atoms with Crippen molar-refractivity contribution in [2.75, 3.05) is 24.7 Å². The van der Waals surface area contributed by atoms with Crippen LogP contribution in [-0.4, -0.2) is 29.1 Å². The first-order valence-electron chi connectivity index (χ1n) is 6.72. The van der Waals surface area contributed by atoms with Crippen LogP contribution in [0.15, 0.2) is 36.4 Å². The van der Waals surface area contributed by atoms with Crippen molar-refractivity contribution < 1.29 is 0 Å². The maximum atomic E-state index is 6.05. The molecule has 0 aliphatic carbocycles. The molecule has 0 amide bonds. The van der Waals surface area contributed by atoms with Gasteiger partial charge in [-0.25, -0.2) is 0 Å². The maximum Gasteiger partial charge on any atom is 0.115 e. The summed E-state index contributed by atoms with van der Waals surface area (Å²) in [5, 5.41) is 9.05. The van der Waals surface area contributed by atoms with Crippen molar-refractivity contribution in [3.8, 4) is 5.69 Å². The first-order valence-corrected chi connectivity index (χ1v) is 6.72. The van der Waals surface area contributed by atoms with Crippen LogP contribution < -0.4 is 16.4 Å². The van der Waals surface area contributed by atoms with E-state index in [1.165, 1.54) is 0 Å². The Bertz CT molecular complexity index is 790. The fourth-order valence-corrected chi connectivity index (χ4v) is 2.34. The molecule has 21 heavy (non-hydrogen) atoms. The van der Waals surface area contributed by atoms with E-state index in [0.717, 1.165) is 28.0 Å². The van der Waals surface area contributed by atoms with Gasteiger partial charge in [-0.05, 0) is 23.8 Å². The molecule has 0 aliphatic heterocycles. The molecule has 3 rings (SSSR count). The molecule has 6 heteroatoms. The van der Waals surface area contributed by atoms with Gasteiger partial charge in [0.15, 0.2) is 0 Å². The van der Waals surface area contributed by atoms with E-state index in [1.807, 2.05) is 55.4 Å². The van der Waals surface area contributed by atoms with E-state index in [4.69, 9.17) is 11.5 Å². The van der Waals surface area contributed by atoms with Gasteiger partial charge in [-0.3, -0.25) is 0 Å². The molecule has 0 unspecified atom stereocenters. The molecule has 0 radical (unpaired) electrons. The summed E-state index contributed by atoms with van der Waals surface area (Å²) in [5.74, 6) is 0. The number of nitrogens with zero attached hydrogens (tertiary/aromatic N) is 4. The number of para-hydroxylation sites is 1. The Morgan fingerprint density at radius 1 is 1.10 bits per heavy atom. The number of hydrogen-bond donors (Lipinski definition) is 2. The molecule has 0 spiro atoms. The van der Waals surface area contributed by atoms with E-state index in [0.29, 0.717) is 12.2 Å². The van der Waals surface area contributed by atoms with Crippen LogP contribution in [0.25, 0.3) is 16.7 Å². The number of nitrogens with two attached hydrogens (primary N) is 2. The highest BCUT2D eigenvalue weighted by Crippen LogP contribution is 2.26. The maximum absolute atomic E-state index is 6.05. The lowest BCUT2D eigenvalue weighted by atomic mass is 10.2. The standard InChI is InChI=1S/C15H18N6/c1-20(2)15-8-13-12(7-11(15)17)18-21(19-13)14-6-4-3-5-10(14)9-16/h3-8H,9,16-17H2,1-2H3. The van der Waals surface area contributed by atoms with Gasteiger partial charge >= 0.3 is 0 Å². The zero-order chi connectivity index (χ0) is 15.0. The first-order chi connectivity index (χ1) is 10.1. The van der Waals surface area contributed by atoms with Crippen LogP contribution >= 0.6 is 0 Å². The minimum atomic E-state index is 0.444. The molecular weight excluding hydrogens is 264 g/mol. The second kappa shape index (κ2) is 5.06. The van der Waals surface area contributed by atoms with Crippen LogP contribution in [0.1, 0.15) is 5.56 Å². The van der Waals surface area contributed by atoms with E-state index < -0.39 is 0 Å². The zero-order valence-electron chi connectivity index (χ0n) is 12.1. The highest BCUT2D eigenvalue weighted by atomic mass is 15.5. The molecule has 0 saturated carbocycles. The number of aromatic nitrogens is 3. The fraction of sp³-hybridized carbons (Fsp3) is 0.200. The largest absolute Gasteiger partial charge is 0.397 e. The van der Waals surface area contributed by atoms with Crippen molar-refractivity contribution in [1.82, 2.24) is 15.0 Å². The molecule has 4 N–H and O–H groups in total. The monoisotopic (exact) mass is 282 g/mol. The molecular formula is C15H18N6. The summed E-state index contributed by atoms with van der Waals surface area (Å²) in [6.07, 6.45) is 0. The van der Waals surface area contributed by atoms with Crippen molar-refractivity contribution >= 4 is 22.4 Å². The molecule has 0 bridgehead atoms. The molecule has 0 atom stereocenters. The smallest absolute Gasteiger partial charge is 0.115 e. The lowest BCUT2D eigenvalue weighted by molar-refractivity contribution is 0.754. The summed E-state index contributed by atoms with van der Waals surface area (Å²) >= 11 is 0. The van der Waals surface area contributed by atoms with Crippen LogP contribution in [0.3, 0.4) is 0 Å². The van der Waals surface area contributed by atoms with Gasteiger partial charge in [0.2, 0.25) is 0 Å². The first kappa shape index (κ1) is 13.4. The van der Waals surface area contributed by atoms with Crippen molar-refractivity contribution in [3.63, 3.8) is 0 Å². The predicted octanol–water partition coefficient (Wildman–Crippen LogP) is 1.53. The summed E-state index contributed by atoms with van der Waals surface area (Å²) in [7, 11) is 3.90. The molecule has 0 fully saturated rings. The Hall–Kier alpha value is -2.60. The fourth-order valence-electron chi connectivity index (χ4n) is 2.34. The van der Waals surface area contributed by atoms with Gasteiger partial charge in [0.1, 0.15) is 11.0 Å². The lowest BCUT2D eigenvalue weighted by Gasteiger charge is -2.14. The summed E-state index contributed by atoms with van der Waals surface area (Å²) in [4.78, 5) is 3.58. The Morgan fingerprint density at radius 3 is 2.43 bits per heavy atom. The Kier molecular flexibility index (Phi) is 3.23. The van der Waals surface area contributed by atoms with Gasteiger partial charge in [-0.1, -0.05) is 18.2 Å². The molecule has 1 aromatic heterocycles. The summed E-state index contributed by atoms with van der Waals surface area (Å²) < 4.78 is 0. The average Bonchev–Trinajstić information content (AvgIpc) is 2.88. The third kappa shape index (κ3) is 2.30. The van der Waals surface area contributed by atoms with Crippen LogP contribution in [0, 0.1) is 0 Å². The lowest BCUT2D eigenvalue weighted by Crippen LogP contribution is -2.10. The molecule has 0 saturated heterocycles. The third-order valence-electron chi connectivity index (χ3n) is 3.44. The van der Waals surface area contributed by atoms with Gasteiger partial charge in [0, 0.05) is 20.6 Å². The van der Waals surface area contributed by atoms with Gasteiger partial charge < -0.3 is 16.4 Å². The molecule has 1 heterocycles. The second-order valence-electron chi connectivity index (χ2n) is 5.12. The van der Waals surface area contributed by atoms with Crippen LogP contribution in [-0.2, 0) is 6.54 Å².